The van der Waals surface area contributed by atoms with Gasteiger partial charge >= 0.3 is 0 Å². The SMILES string of the molecule is CNC(Cc1ccc(Cl)cc1F)c1cc(Br)ccc1I. The van der Waals surface area contributed by atoms with Crippen LogP contribution in [0.2, 0.25) is 5.02 Å². The lowest BCUT2D eigenvalue weighted by Crippen LogP contribution is -2.20. The van der Waals surface area contributed by atoms with Crippen LogP contribution in [0.3, 0.4) is 0 Å². The summed E-state index contributed by atoms with van der Waals surface area (Å²) in [5.41, 5.74) is 1.81. The van der Waals surface area contributed by atoms with E-state index in [4.69, 9.17) is 11.6 Å². The summed E-state index contributed by atoms with van der Waals surface area (Å²) in [7, 11) is 1.88. The monoisotopic (exact) mass is 467 g/mol. The largest absolute Gasteiger partial charge is 0.313 e. The molecule has 0 spiro atoms. The van der Waals surface area contributed by atoms with Crippen molar-refractivity contribution in [3.63, 3.8) is 0 Å². The van der Waals surface area contributed by atoms with Gasteiger partial charge in [-0.1, -0.05) is 33.6 Å². The maximum Gasteiger partial charge on any atom is 0.127 e. The van der Waals surface area contributed by atoms with Gasteiger partial charge in [0, 0.05) is 19.1 Å². The Kier molecular flexibility index (Phi) is 5.84. The normalized spacial score (nSPS) is 12.4. The average molecular weight is 469 g/mol. The van der Waals surface area contributed by atoms with Crippen molar-refractivity contribution in [2.75, 3.05) is 7.05 Å². The fourth-order valence-corrected chi connectivity index (χ4v) is 3.31. The first kappa shape index (κ1) is 16.2. The lowest BCUT2D eigenvalue weighted by Gasteiger charge is -2.19. The molecule has 1 unspecified atom stereocenters. The maximum absolute atomic E-state index is 13.9. The highest BCUT2D eigenvalue weighted by molar-refractivity contribution is 14.1. The molecule has 0 bridgehead atoms. The summed E-state index contributed by atoms with van der Waals surface area (Å²) in [6.45, 7) is 0. The second-order valence-corrected chi connectivity index (χ2v) is 6.96. The van der Waals surface area contributed by atoms with E-state index in [-0.39, 0.29) is 11.9 Å². The van der Waals surface area contributed by atoms with Crippen molar-refractivity contribution in [2.45, 2.75) is 12.5 Å². The minimum atomic E-state index is -0.261. The summed E-state index contributed by atoms with van der Waals surface area (Å²) in [4.78, 5) is 0. The van der Waals surface area contributed by atoms with Crippen LogP contribution in [0.4, 0.5) is 4.39 Å². The van der Waals surface area contributed by atoms with Gasteiger partial charge in [-0.25, -0.2) is 4.39 Å². The third kappa shape index (κ3) is 3.93. The molecule has 1 N–H and O–H groups in total. The van der Waals surface area contributed by atoms with Crippen LogP contribution >= 0.6 is 50.1 Å². The highest BCUT2D eigenvalue weighted by atomic mass is 127. The third-order valence-corrected chi connectivity index (χ3v) is 4.83. The molecule has 2 aromatic carbocycles. The van der Waals surface area contributed by atoms with Crippen LogP contribution in [-0.2, 0) is 6.42 Å². The van der Waals surface area contributed by atoms with E-state index in [1.165, 1.54) is 6.07 Å². The molecule has 2 aromatic rings. The van der Waals surface area contributed by atoms with Gasteiger partial charge in [-0.2, -0.15) is 0 Å². The molecule has 0 amide bonds. The summed E-state index contributed by atoms with van der Waals surface area (Å²) in [6, 6.07) is 11.0. The van der Waals surface area contributed by atoms with Gasteiger partial charge in [0.25, 0.3) is 0 Å². The molecule has 0 radical (unpaired) electrons. The van der Waals surface area contributed by atoms with E-state index in [2.05, 4.69) is 49.9 Å². The molecular formula is C15H13BrClFIN. The number of hydrogen-bond acceptors (Lipinski definition) is 1. The van der Waals surface area contributed by atoms with Gasteiger partial charge < -0.3 is 5.32 Å². The zero-order valence-corrected chi connectivity index (χ0v) is 15.3. The smallest absolute Gasteiger partial charge is 0.127 e. The predicted octanol–water partition coefficient (Wildman–Crippen LogP) is 5.35. The second-order valence-electron chi connectivity index (χ2n) is 4.45. The molecular weight excluding hydrogens is 455 g/mol. The number of rotatable bonds is 4. The van der Waals surface area contributed by atoms with Gasteiger partial charge in [-0.15, -0.1) is 0 Å². The van der Waals surface area contributed by atoms with Gasteiger partial charge in [-0.3, -0.25) is 0 Å². The minimum absolute atomic E-state index is 0.0510. The molecule has 20 heavy (non-hydrogen) atoms. The van der Waals surface area contributed by atoms with Gasteiger partial charge in [0.15, 0.2) is 0 Å². The highest BCUT2D eigenvalue weighted by Crippen LogP contribution is 2.27. The predicted molar refractivity (Wildman–Crippen MR) is 93.8 cm³/mol. The van der Waals surface area contributed by atoms with E-state index < -0.39 is 0 Å². The number of benzene rings is 2. The maximum atomic E-state index is 13.9. The number of likely N-dealkylation sites (N-methyl/N-ethyl adjacent to an activating group) is 1. The van der Waals surface area contributed by atoms with Crippen molar-refractivity contribution < 1.29 is 4.39 Å². The molecule has 0 aliphatic carbocycles. The molecule has 1 nitrogen and oxygen atoms in total. The van der Waals surface area contributed by atoms with Crippen molar-refractivity contribution in [3.05, 3.63) is 66.4 Å². The van der Waals surface area contributed by atoms with E-state index in [9.17, 15) is 4.39 Å². The van der Waals surface area contributed by atoms with Crippen molar-refractivity contribution in [2.24, 2.45) is 0 Å². The minimum Gasteiger partial charge on any atom is -0.313 e. The van der Waals surface area contributed by atoms with Gasteiger partial charge in [0.1, 0.15) is 5.82 Å². The zero-order chi connectivity index (χ0) is 14.7. The first-order valence-corrected chi connectivity index (χ1v) is 8.32. The summed E-state index contributed by atoms with van der Waals surface area (Å²) < 4.78 is 16.1. The van der Waals surface area contributed by atoms with E-state index >= 15 is 0 Å². The zero-order valence-electron chi connectivity index (χ0n) is 10.8. The Bertz CT molecular complexity index is 621. The molecule has 0 aliphatic heterocycles. The van der Waals surface area contributed by atoms with Crippen LogP contribution in [0.25, 0.3) is 0 Å². The second kappa shape index (κ2) is 7.20. The summed E-state index contributed by atoms with van der Waals surface area (Å²) in [5, 5.41) is 3.67. The Labute approximate surface area is 145 Å². The number of hydrogen-bond donors (Lipinski definition) is 1. The summed E-state index contributed by atoms with van der Waals surface area (Å²) in [6.07, 6.45) is 0.575. The van der Waals surface area contributed by atoms with Crippen LogP contribution in [0, 0.1) is 9.39 Å². The van der Waals surface area contributed by atoms with Crippen LogP contribution in [0.1, 0.15) is 17.2 Å². The van der Waals surface area contributed by atoms with Crippen molar-refractivity contribution >= 4 is 50.1 Å². The average Bonchev–Trinajstić information content (AvgIpc) is 2.41. The molecule has 0 aromatic heterocycles. The molecule has 0 saturated carbocycles. The topological polar surface area (TPSA) is 12.0 Å². The molecule has 0 fully saturated rings. The standard InChI is InChI=1S/C15H13BrClFIN/c1-20-15(12-7-10(16)3-5-14(12)19)6-9-2-4-11(17)8-13(9)18/h2-5,7-8,15,20H,6H2,1H3. The quantitative estimate of drug-likeness (QED) is 0.597. The molecule has 0 heterocycles. The van der Waals surface area contributed by atoms with Gasteiger partial charge in [0.05, 0.1) is 0 Å². The molecule has 0 saturated heterocycles. The van der Waals surface area contributed by atoms with Crippen molar-refractivity contribution in [3.8, 4) is 0 Å². The highest BCUT2D eigenvalue weighted by Gasteiger charge is 2.16. The van der Waals surface area contributed by atoms with Crippen LogP contribution in [0.15, 0.2) is 40.9 Å². The van der Waals surface area contributed by atoms with E-state index in [0.29, 0.717) is 17.0 Å². The first-order chi connectivity index (χ1) is 9.51. The van der Waals surface area contributed by atoms with Crippen molar-refractivity contribution in [1.29, 1.82) is 0 Å². The van der Waals surface area contributed by atoms with Gasteiger partial charge in [0.2, 0.25) is 0 Å². The Morgan fingerprint density at radius 3 is 2.70 bits per heavy atom. The third-order valence-electron chi connectivity index (χ3n) is 3.12. The fraction of sp³-hybridized carbons (Fsp3) is 0.200. The summed E-state index contributed by atoms with van der Waals surface area (Å²) in [5.74, 6) is -0.261. The Morgan fingerprint density at radius 1 is 1.30 bits per heavy atom. The Balaban J connectivity index is 2.31. The van der Waals surface area contributed by atoms with Crippen LogP contribution in [-0.4, -0.2) is 7.05 Å². The van der Waals surface area contributed by atoms with E-state index in [1.807, 2.05) is 19.2 Å². The molecule has 1 atom stereocenters. The molecule has 2 rings (SSSR count). The Morgan fingerprint density at radius 2 is 2.05 bits per heavy atom. The van der Waals surface area contributed by atoms with Crippen LogP contribution < -0.4 is 5.32 Å². The molecule has 0 aliphatic rings. The number of halogens is 4. The van der Waals surface area contributed by atoms with E-state index in [0.717, 1.165) is 13.6 Å². The summed E-state index contributed by atoms with van der Waals surface area (Å²) >= 11 is 11.6. The van der Waals surface area contributed by atoms with Crippen LogP contribution in [0.5, 0.6) is 0 Å². The molecule has 5 heteroatoms. The fourth-order valence-electron chi connectivity index (χ4n) is 2.06. The lowest BCUT2D eigenvalue weighted by molar-refractivity contribution is 0.553. The van der Waals surface area contributed by atoms with E-state index in [1.54, 1.807) is 12.1 Å². The molecule has 106 valence electrons. The number of nitrogens with one attached hydrogen (secondary N) is 1. The van der Waals surface area contributed by atoms with Crippen molar-refractivity contribution in [1.82, 2.24) is 5.32 Å². The lowest BCUT2D eigenvalue weighted by atomic mass is 9.99. The van der Waals surface area contributed by atoms with Gasteiger partial charge in [-0.05, 0) is 77.5 Å². The first-order valence-electron chi connectivity index (χ1n) is 6.07. The Hall–Kier alpha value is -0.170.